The highest BCUT2D eigenvalue weighted by molar-refractivity contribution is 9.11. The van der Waals surface area contributed by atoms with E-state index in [2.05, 4.69) is 26.2 Å². The molecule has 1 heterocycles. The molecule has 5 heteroatoms. The first-order valence-electron chi connectivity index (χ1n) is 4.68. The summed E-state index contributed by atoms with van der Waals surface area (Å²) in [6.07, 6.45) is 6.31. The Morgan fingerprint density at radius 3 is 2.86 bits per heavy atom. The van der Waals surface area contributed by atoms with Gasteiger partial charge in [-0.15, -0.1) is 11.3 Å². The van der Waals surface area contributed by atoms with E-state index in [1.807, 2.05) is 0 Å². The standard InChI is InChI=1S/C9H11BrN2OS/c10-9-11-5-7(14-9)8(13)12-6-3-1-2-4-6/h5-6H,1-4H2,(H,12,13). The van der Waals surface area contributed by atoms with Crippen LogP contribution in [-0.2, 0) is 0 Å². The monoisotopic (exact) mass is 274 g/mol. The molecule has 76 valence electrons. The molecular weight excluding hydrogens is 264 g/mol. The SMILES string of the molecule is O=C(NC1CCCC1)c1cnc(Br)s1. The van der Waals surface area contributed by atoms with Crippen molar-refractivity contribution < 1.29 is 4.79 Å². The first kappa shape index (κ1) is 10.1. The number of nitrogens with one attached hydrogen (secondary N) is 1. The van der Waals surface area contributed by atoms with Gasteiger partial charge >= 0.3 is 0 Å². The number of amides is 1. The van der Waals surface area contributed by atoms with Crippen LogP contribution in [-0.4, -0.2) is 16.9 Å². The zero-order valence-electron chi connectivity index (χ0n) is 7.62. The lowest BCUT2D eigenvalue weighted by molar-refractivity contribution is 0.0942. The van der Waals surface area contributed by atoms with Crippen molar-refractivity contribution in [3.63, 3.8) is 0 Å². The fourth-order valence-corrected chi connectivity index (χ4v) is 2.85. The number of thiazole rings is 1. The minimum atomic E-state index is 0.0140. The van der Waals surface area contributed by atoms with Crippen LogP contribution in [0, 0.1) is 0 Å². The second-order valence-electron chi connectivity index (χ2n) is 3.43. The average molecular weight is 275 g/mol. The third-order valence-electron chi connectivity index (χ3n) is 2.39. The summed E-state index contributed by atoms with van der Waals surface area (Å²) < 4.78 is 0.758. The van der Waals surface area contributed by atoms with Gasteiger partial charge in [-0.05, 0) is 28.8 Å². The van der Waals surface area contributed by atoms with E-state index in [-0.39, 0.29) is 5.91 Å². The summed E-state index contributed by atoms with van der Waals surface area (Å²) in [5.74, 6) is 0.0140. The summed E-state index contributed by atoms with van der Waals surface area (Å²) >= 11 is 4.61. The Bertz CT molecular complexity index is 333. The molecule has 1 N–H and O–H groups in total. The molecule has 1 amide bonds. The van der Waals surface area contributed by atoms with E-state index in [0.29, 0.717) is 10.9 Å². The van der Waals surface area contributed by atoms with Gasteiger partial charge in [0.25, 0.3) is 5.91 Å². The summed E-state index contributed by atoms with van der Waals surface area (Å²) in [4.78, 5) is 16.3. The number of rotatable bonds is 2. The zero-order valence-corrected chi connectivity index (χ0v) is 10.0. The number of hydrogen-bond acceptors (Lipinski definition) is 3. The van der Waals surface area contributed by atoms with Crippen molar-refractivity contribution in [2.45, 2.75) is 31.7 Å². The van der Waals surface area contributed by atoms with Gasteiger partial charge in [0.2, 0.25) is 0 Å². The molecule has 1 aromatic rings. The summed E-state index contributed by atoms with van der Waals surface area (Å²) in [6.45, 7) is 0. The molecule has 0 radical (unpaired) electrons. The van der Waals surface area contributed by atoms with Gasteiger partial charge in [-0.3, -0.25) is 4.79 Å². The molecule has 0 atom stereocenters. The van der Waals surface area contributed by atoms with Crippen LogP contribution in [0.4, 0.5) is 0 Å². The molecule has 0 unspecified atom stereocenters. The Hall–Kier alpha value is -0.420. The van der Waals surface area contributed by atoms with Crippen LogP contribution >= 0.6 is 27.3 Å². The first-order chi connectivity index (χ1) is 6.75. The van der Waals surface area contributed by atoms with E-state index < -0.39 is 0 Å². The molecule has 2 rings (SSSR count). The maximum atomic E-state index is 11.7. The highest BCUT2D eigenvalue weighted by Crippen LogP contribution is 2.21. The van der Waals surface area contributed by atoms with Crippen LogP contribution in [0.5, 0.6) is 0 Å². The van der Waals surface area contributed by atoms with Crippen molar-refractivity contribution in [1.82, 2.24) is 10.3 Å². The molecule has 1 aliphatic rings. The molecule has 3 nitrogen and oxygen atoms in total. The predicted octanol–water partition coefficient (Wildman–Crippen LogP) is 2.58. The Kier molecular flexibility index (Phi) is 3.18. The van der Waals surface area contributed by atoms with Crippen molar-refractivity contribution in [1.29, 1.82) is 0 Å². The second kappa shape index (κ2) is 4.40. The van der Waals surface area contributed by atoms with Gasteiger partial charge in [-0.1, -0.05) is 12.8 Å². The maximum absolute atomic E-state index is 11.7. The van der Waals surface area contributed by atoms with Gasteiger partial charge in [0, 0.05) is 6.04 Å². The van der Waals surface area contributed by atoms with Crippen LogP contribution in [0.2, 0.25) is 0 Å². The molecule has 0 saturated heterocycles. The van der Waals surface area contributed by atoms with Crippen LogP contribution < -0.4 is 5.32 Å². The summed E-state index contributed by atoms with van der Waals surface area (Å²) in [5, 5.41) is 3.02. The number of halogens is 1. The Labute approximate surface area is 95.1 Å². The molecule has 0 aromatic carbocycles. The number of nitrogens with zero attached hydrogens (tertiary/aromatic N) is 1. The van der Waals surface area contributed by atoms with E-state index in [1.54, 1.807) is 6.20 Å². The van der Waals surface area contributed by atoms with Gasteiger partial charge in [0.05, 0.1) is 6.20 Å². The van der Waals surface area contributed by atoms with Gasteiger partial charge < -0.3 is 5.32 Å². The van der Waals surface area contributed by atoms with Gasteiger partial charge in [0.15, 0.2) is 3.92 Å². The molecule has 1 aliphatic carbocycles. The topological polar surface area (TPSA) is 42.0 Å². The van der Waals surface area contributed by atoms with E-state index in [1.165, 1.54) is 24.2 Å². The largest absolute Gasteiger partial charge is 0.349 e. The Morgan fingerprint density at radius 1 is 1.57 bits per heavy atom. The number of carbonyl (C=O) groups excluding carboxylic acids is 1. The average Bonchev–Trinajstić information content (AvgIpc) is 2.75. The van der Waals surface area contributed by atoms with Crippen LogP contribution in [0.15, 0.2) is 10.1 Å². The van der Waals surface area contributed by atoms with E-state index in [0.717, 1.165) is 16.8 Å². The fourth-order valence-electron chi connectivity index (χ4n) is 1.68. The van der Waals surface area contributed by atoms with E-state index in [4.69, 9.17) is 0 Å². The molecular formula is C9H11BrN2OS. The minimum absolute atomic E-state index is 0.0140. The smallest absolute Gasteiger partial charge is 0.263 e. The lowest BCUT2D eigenvalue weighted by Gasteiger charge is -2.09. The number of carbonyl (C=O) groups is 1. The van der Waals surface area contributed by atoms with Crippen LogP contribution in [0.1, 0.15) is 35.4 Å². The maximum Gasteiger partial charge on any atom is 0.263 e. The van der Waals surface area contributed by atoms with E-state index in [9.17, 15) is 4.79 Å². The molecule has 0 spiro atoms. The molecule has 1 fully saturated rings. The van der Waals surface area contributed by atoms with Crippen molar-refractivity contribution >= 4 is 33.2 Å². The van der Waals surface area contributed by atoms with Crippen molar-refractivity contribution in [2.75, 3.05) is 0 Å². The van der Waals surface area contributed by atoms with Crippen molar-refractivity contribution in [2.24, 2.45) is 0 Å². The Morgan fingerprint density at radius 2 is 2.29 bits per heavy atom. The molecule has 14 heavy (non-hydrogen) atoms. The summed E-state index contributed by atoms with van der Waals surface area (Å²) in [7, 11) is 0. The summed E-state index contributed by atoms with van der Waals surface area (Å²) in [6, 6.07) is 0.378. The fraction of sp³-hybridized carbons (Fsp3) is 0.556. The third kappa shape index (κ3) is 2.33. The quantitative estimate of drug-likeness (QED) is 0.901. The van der Waals surface area contributed by atoms with Crippen molar-refractivity contribution in [3.8, 4) is 0 Å². The normalized spacial score (nSPS) is 17.2. The molecule has 1 aromatic heterocycles. The number of aromatic nitrogens is 1. The Balaban J connectivity index is 1.95. The van der Waals surface area contributed by atoms with Gasteiger partial charge in [-0.25, -0.2) is 4.98 Å². The lowest BCUT2D eigenvalue weighted by Crippen LogP contribution is -2.31. The van der Waals surface area contributed by atoms with Crippen LogP contribution in [0.25, 0.3) is 0 Å². The zero-order chi connectivity index (χ0) is 9.97. The first-order valence-corrected chi connectivity index (χ1v) is 6.29. The highest BCUT2D eigenvalue weighted by atomic mass is 79.9. The summed E-state index contributed by atoms with van der Waals surface area (Å²) in [5.41, 5.74) is 0. The lowest BCUT2D eigenvalue weighted by atomic mass is 10.2. The third-order valence-corrected chi connectivity index (χ3v) is 3.87. The number of hydrogen-bond donors (Lipinski definition) is 1. The van der Waals surface area contributed by atoms with Crippen molar-refractivity contribution in [3.05, 3.63) is 15.0 Å². The molecule has 0 bridgehead atoms. The van der Waals surface area contributed by atoms with E-state index >= 15 is 0 Å². The van der Waals surface area contributed by atoms with Gasteiger partial charge in [-0.2, -0.15) is 0 Å². The minimum Gasteiger partial charge on any atom is -0.349 e. The van der Waals surface area contributed by atoms with Gasteiger partial charge in [0.1, 0.15) is 4.88 Å². The second-order valence-corrected chi connectivity index (χ2v) is 5.74. The molecule has 1 saturated carbocycles. The predicted molar refractivity (Wildman–Crippen MR) is 59.5 cm³/mol. The molecule has 0 aliphatic heterocycles. The highest BCUT2D eigenvalue weighted by Gasteiger charge is 2.18. The van der Waals surface area contributed by atoms with Crippen LogP contribution in [0.3, 0.4) is 0 Å².